The maximum absolute atomic E-state index is 10.8. The minimum atomic E-state index is -0.185. The molecule has 0 bridgehead atoms. The fourth-order valence-corrected chi connectivity index (χ4v) is 1.69. The number of hydrogen-bond acceptors (Lipinski definition) is 2. The summed E-state index contributed by atoms with van der Waals surface area (Å²) >= 11 is 0. The Morgan fingerprint density at radius 3 is 2.38 bits per heavy atom. The predicted molar refractivity (Wildman–Crippen MR) is 52.2 cm³/mol. The molecule has 1 rings (SSSR count). The van der Waals surface area contributed by atoms with Gasteiger partial charge in [-0.3, -0.25) is 4.79 Å². The summed E-state index contributed by atoms with van der Waals surface area (Å²) in [4.78, 5) is 10.8. The molecular weight excluding hydrogens is 164 g/mol. The number of carbonyl (C=O) groups excluding carboxylic acids is 1. The minimum Gasteiger partial charge on any atom is -0.431 e. The summed E-state index contributed by atoms with van der Waals surface area (Å²) in [6.45, 7) is 3.54. The monoisotopic (exact) mass is 182 g/mol. The fraction of sp³-hybridized carbons (Fsp3) is 0.727. The van der Waals surface area contributed by atoms with E-state index in [-0.39, 0.29) is 5.97 Å². The molecule has 0 aromatic heterocycles. The SMILES string of the molecule is CC(=O)O/C1=C(\C)CCCCCC1. The molecule has 0 aliphatic heterocycles. The molecule has 0 radical (unpaired) electrons. The summed E-state index contributed by atoms with van der Waals surface area (Å²) in [7, 11) is 0. The van der Waals surface area contributed by atoms with Crippen LogP contribution in [0.1, 0.15) is 52.4 Å². The Balaban J connectivity index is 2.62. The van der Waals surface area contributed by atoms with Crippen LogP contribution in [0.2, 0.25) is 0 Å². The van der Waals surface area contributed by atoms with Crippen LogP contribution in [0.15, 0.2) is 11.3 Å². The second-order valence-electron chi connectivity index (χ2n) is 3.71. The van der Waals surface area contributed by atoms with Crippen molar-refractivity contribution in [3.05, 3.63) is 11.3 Å². The van der Waals surface area contributed by atoms with Gasteiger partial charge in [0.15, 0.2) is 0 Å². The number of allylic oxidation sites excluding steroid dienone is 2. The topological polar surface area (TPSA) is 26.3 Å². The lowest BCUT2D eigenvalue weighted by Crippen LogP contribution is -2.03. The Bertz CT molecular complexity index is 216. The van der Waals surface area contributed by atoms with E-state index in [0.29, 0.717) is 0 Å². The van der Waals surface area contributed by atoms with Gasteiger partial charge in [-0.1, -0.05) is 12.8 Å². The number of ether oxygens (including phenoxy) is 1. The van der Waals surface area contributed by atoms with Crippen molar-refractivity contribution in [2.45, 2.75) is 52.4 Å². The van der Waals surface area contributed by atoms with E-state index >= 15 is 0 Å². The highest BCUT2D eigenvalue weighted by Gasteiger charge is 2.09. The lowest BCUT2D eigenvalue weighted by Gasteiger charge is -2.14. The lowest BCUT2D eigenvalue weighted by molar-refractivity contribution is -0.137. The van der Waals surface area contributed by atoms with Crippen LogP contribution < -0.4 is 0 Å². The molecule has 0 atom stereocenters. The van der Waals surface area contributed by atoms with Crippen molar-refractivity contribution in [2.24, 2.45) is 0 Å². The molecule has 0 N–H and O–H groups in total. The smallest absolute Gasteiger partial charge is 0.307 e. The van der Waals surface area contributed by atoms with Gasteiger partial charge in [0, 0.05) is 13.3 Å². The van der Waals surface area contributed by atoms with E-state index in [1.165, 1.54) is 31.8 Å². The molecule has 0 aromatic carbocycles. The van der Waals surface area contributed by atoms with Crippen molar-refractivity contribution in [1.82, 2.24) is 0 Å². The van der Waals surface area contributed by atoms with Gasteiger partial charge in [-0.25, -0.2) is 0 Å². The average molecular weight is 182 g/mol. The Morgan fingerprint density at radius 2 is 1.77 bits per heavy atom. The second kappa shape index (κ2) is 5.05. The molecule has 1 aliphatic rings. The molecule has 74 valence electrons. The standard InChI is InChI=1S/C11H18O2/c1-9-7-5-3-4-6-8-11(9)13-10(2)12/h3-8H2,1-2H3/b11-9+. The van der Waals surface area contributed by atoms with E-state index in [0.717, 1.165) is 25.0 Å². The Morgan fingerprint density at radius 1 is 1.15 bits per heavy atom. The van der Waals surface area contributed by atoms with Crippen molar-refractivity contribution in [1.29, 1.82) is 0 Å². The first-order valence-corrected chi connectivity index (χ1v) is 5.07. The molecule has 0 aromatic rings. The average Bonchev–Trinajstić information content (AvgIpc) is 2.04. The molecule has 0 saturated heterocycles. The van der Waals surface area contributed by atoms with Crippen molar-refractivity contribution < 1.29 is 9.53 Å². The number of esters is 1. The summed E-state index contributed by atoms with van der Waals surface area (Å²) in [6.07, 6.45) is 6.98. The largest absolute Gasteiger partial charge is 0.431 e. The van der Waals surface area contributed by atoms with Gasteiger partial charge in [-0.15, -0.1) is 0 Å². The number of carbonyl (C=O) groups is 1. The van der Waals surface area contributed by atoms with Gasteiger partial charge < -0.3 is 4.74 Å². The number of hydrogen-bond donors (Lipinski definition) is 0. The molecule has 13 heavy (non-hydrogen) atoms. The molecule has 0 unspecified atom stereocenters. The van der Waals surface area contributed by atoms with E-state index in [4.69, 9.17) is 4.74 Å². The van der Waals surface area contributed by atoms with Crippen LogP contribution in [-0.2, 0) is 9.53 Å². The van der Waals surface area contributed by atoms with Crippen molar-refractivity contribution in [3.63, 3.8) is 0 Å². The highest BCUT2D eigenvalue weighted by Crippen LogP contribution is 2.23. The van der Waals surface area contributed by atoms with Gasteiger partial charge in [0.1, 0.15) is 5.76 Å². The number of rotatable bonds is 1. The van der Waals surface area contributed by atoms with Gasteiger partial charge in [-0.05, 0) is 31.8 Å². The van der Waals surface area contributed by atoms with E-state index in [2.05, 4.69) is 6.92 Å². The highest BCUT2D eigenvalue weighted by molar-refractivity contribution is 5.67. The zero-order chi connectivity index (χ0) is 9.68. The first kappa shape index (κ1) is 10.3. The molecule has 0 fully saturated rings. The van der Waals surface area contributed by atoms with E-state index < -0.39 is 0 Å². The van der Waals surface area contributed by atoms with Crippen molar-refractivity contribution in [3.8, 4) is 0 Å². The predicted octanol–water partition coefficient (Wildman–Crippen LogP) is 3.18. The molecule has 2 heteroatoms. The summed E-state index contributed by atoms with van der Waals surface area (Å²) < 4.78 is 5.18. The molecule has 0 amide bonds. The van der Waals surface area contributed by atoms with E-state index in [9.17, 15) is 4.79 Å². The van der Waals surface area contributed by atoms with Crippen LogP contribution >= 0.6 is 0 Å². The van der Waals surface area contributed by atoms with Crippen LogP contribution in [0, 0.1) is 0 Å². The van der Waals surface area contributed by atoms with Crippen LogP contribution in [-0.4, -0.2) is 5.97 Å². The fourth-order valence-electron chi connectivity index (χ4n) is 1.69. The summed E-state index contributed by atoms with van der Waals surface area (Å²) in [6, 6.07) is 0. The third kappa shape index (κ3) is 3.62. The van der Waals surface area contributed by atoms with Crippen LogP contribution in [0.3, 0.4) is 0 Å². The summed E-state index contributed by atoms with van der Waals surface area (Å²) in [5.41, 5.74) is 1.26. The van der Waals surface area contributed by atoms with E-state index in [1.54, 1.807) is 0 Å². The highest BCUT2D eigenvalue weighted by atomic mass is 16.5. The minimum absolute atomic E-state index is 0.185. The second-order valence-corrected chi connectivity index (χ2v) is 3.71. The van der Waals surface area contributed by atoms with E-state index in [1.807, 2.05) is 0 Å². The summed E-state index contributed by atoms with van der Waals surface area (Å²) in [5.74, 6) is 0.738. The third-order valence-electron chi connectivity index (χ3n) is 2.45. The zero-order valence-corrected chi connectivity index (χ0v) is 8.56. The van der Waals surface area contributed by atoms with Gasteiger partial charge in [-0.2, -0.15) is 0 Å². The Kier molecular flexibility index (Phi) is 4.00. The molecule has 0 spiro atoms. The quantitative estimate of drug-likeness (QED) is 0.582. The molecule has 2 nitrogen and oxygen atoms in total. The lowest BCUT2D eigenvalue weighted by atomic mass is 10.00. The maximum atomic E-state index is 10.8. The van der Waals surface area contributed by atoms with Gasteiger partial charge >= 0.3 is 5.97 Å². The first-order chi connectivity index (χ1) is 6.20. The molecule has 1 aliphatic carbocycles. The van der Waals surface area contributed by atoms with Gasteiger partial charge in [0.25, 0.3) is 0 Å². The molecular formula is C11H18O2. The zero-order valence-electron chi connectivity index (χ0n) is 8.56. The Hall–Kier alpha value is -0.790. The van der Waals surface area contributed by atoms with Crippen LogP contribution in [0.25, 0.3) is 0 Å². The third-order valence-corrected chi connectivity index (χ3v) is 2.45. The molecule has 0 heterocycles. The van der Waals surface area contributed by atoms with Crippen LogP contribution in [0.4, 0.5) is 0 Å². The summed E-state index contributed by atoms with van der Waals surface area (Å²) in [5, 5.41) is 0. The van der Waals surface area contributed by atoms with Crippen molar-refractivity contribution >= 4 is 5.97 Å². The van der Waals surface area contributed by atoms with Crippen molar-refractivity contribution in [2.75, 3.05) is 0 Å². The van der Waals surface area contributed by atoms with Gasteiger partial charge in [0.2, 0.25) is 0 Å². The Labute approximate surface area is 80.0 Å². The molecule has 0 saturated carbocycles. The first-order valence-electron chi connectivity index (χ1n) is 5.07. The van der Waals surface area contributed by atoms with Crippen LogP contribution in [0.5, 0.6) is 0 Å². The van der Waals surface area contributed by atoms with Gasteiger partial charge in [0.05, 0.1) is 0 Å². The normalized spacial score (nSPS) is 24.8. The maximum Gasteiger partial charge on any atom is 0.307 e.